The van der Waals surface area contributed by atoms with Crippen LogP contribution >= 0.6 is 23.1 Å². The number of aromatic nitrogens is 4. The van der Waals surface area contributed by atoms with E-state index in [9.17, 15) is 10.1 Å². The number of tetrazole rings is 1. The van der Waals surface area contributed by atoms with Gasteiger partial charge >= 0.3 is 0 Å². The van der Waals surface area contributed by atoms with Gasteiger partial charge in [-0.2, -0.15) is 9.94 Å². The summed E-state index contributed by atoms with van der Waals surface area (Å²) in [6.45, 7) is 4.04. The third kappa shape index (κ3) is 4.04. The van der Waals surface area contributed by atoms with Crippen LogP contribution in [0.15, 0.2) is 23.4 Å². The minimum Gasteiger partial charge on any atom is -0.316 e. The number of carbonyl (C=O) groups excluding carboxylic acids is 1. The molecule has 4 rings (SSSR count). The van der Waals surface area contributed by atoms with Gasteiger partial charge in [0.1, 0.15) is 11.1 Å². The van der Waals surface area contributed by atoms with E-state index in [1.165, 1.54) is 33.5 Å². The minimum atomic E-state index is -0.166. The van der Waals surface area contributed by atoms with Gasteiger partial charge in [-0.25, -0.2) is 0 Å². The van der Waals surface area contributed by atoms with E-state index < -0.39 is 0 Å². The Kier molecular flexibility index (Phi) is 5.65. The van der Waals surface area contributed by atoms with Gasteiger partial charge in [-0.15, -0.1) is 16.4 Å². The number of hydrogen-bond acceptors (Lipinski definition) is 7. The number of thioether (sulfide) groups is 1. The molecule has 1 aromatic carbocycles. The summed E-state index contributed by atoms with van der Waals surface area (Å²) in [5.74, 6) is -0.00102. The zero-order valence-corrected chi connectivity index (χ0v) is 17.9. The summed E-state index contributed by atoms with van der Waals surface area (Å²) in [7, 11) is 0. The Labute approximate surface area is 177 Å². The fraction of sp³-hybridized carbons (Fsp3) is 0.350. The van der Waals surface area contributed by atoms with Crippen LogP contribution in [0.1, 0.15) is 40.0 Å². The molecule has 29 heavy (non-hydrogen) atoms. The molecule has 0 spiro atoms. The number of carbonyl (C=O) groups is 1. The number of nitriles is 1. The highest BCUT2D eigenvalue weighted by molar-refractivity contribution is 7.99. The first-order valence-corrected chi connectivity index (χ1v) is 11.2. The molecule has 1 amide bonds. The van der Waals surface area contributed by atoms with Crippen molar-refractivity contribution in [2.45, 2.75) is 44.7 Å². The van der Waals surface area contributed by atoms with Crippen molar-refractivity contribution in [2.75, 3.05) is 11.1 Å². The summed E-state index contributed by atoms with van der Waals surface area (Å²) in [6, 6.07) is 8.32. The standard InChI is InChI=1S/C20H20N6OS2/c1-12-7-8-16(13(2)9-12)26-20(23-24-25-26)28-11-18(27)22-19-15(10-21)14-5-3-4-6-17(14)29-19/h7-9H,3-6,11H2,1-2H3,(H,22,27). The third-order valence-corrected chi connectivity index (χ3v) is 7.02. The quantitative estimate of drug-likeness (QED) is 0.626. The molecule has 0 fully saturated rings. The largest absolute Gasteiger partial charge is 0.316 e. The van der Waals surface area contributed by atoms with Crippen molar-refractivity contribution in [3.63, 3.8) is 0 Å². The van der Waals surface area contributed by atoms with Crippen LogP contribution in [0.4, 0.5) is 5.00 Å². The second-order valence-corrected chi connectivity index (χ2v) is 9.07. The van der Waals surface area contributed by atoms with E-state index in [0.717, 1.165) is 42.5 Å². The van der Waals surface area contributed by atoms with Crippen molar-refractivity contribution in [1.82, 2.24) is 20.2 Å². The molecule has 1 aliphatic rings. The smallest absolute Gasteiger partial charge is 0.235 e. The zero-order valence-electron chi connectivity index (χ0n) is 16.2. The molecule has 0 saturated carbocycles. The number of nitrogens with one attached hydrogen (secondary N) is 1. The normalized spacial score (nSPS) is 13.0. The maximum Gasteiger partial charge on any atom is 0.235 e. The van der Waals surface area contributed by atoms with Crippen LogP contribution in [0.2, 0.25) is 0 Å². The molecule has 0 saturated heterocycles. The van der Waals surface area contributed by atoms with Gasteiger partial charge in [0.25, 0.3) is 0 Å². The van der Waals surface area contributed by atoms with Crippen molar-refractivity contribution in [2.24, 2.45) is 0 Å². The van der Waals surface area contributed by atoms with E-state index in [-0.39, 0.29) is 11.7 Å². The van der Waals surface area contributed by atoms with Crippen LogP contribution < -0.4 is 5.32 Å². The van der Waals surface area contributed by atoms with E-state index in [0.29, 0.717) is 15.7 Å². The Hall–Kier alpha value is -2.70. The highest BCUT2D eigenvalue weighted by atomic mass is 32.2. The Morgan fingerprint density at radius 2 is 2.17 bits per heavy atom. The van der Waals surface area contributed by atoms with Gasteiger partial charge in [0, 0.05) is 4.88 Å². The third-order valence-electron chi connectivity index (χ3n) is 4.89. The summed E-state index contributed by atoms with van der Waals surface area (Å²) in [6.07, 6.45) is 4.15. The lowest BCUT2D eigenvalue weighted by Crippen LogP contribution is -2.14. The highest BCUT2D eigenvalue weighted by Crippen LogP contribution is 2.37. The van der Waals surface area contributed by atoms with E-state index in [1.54, 1.807) is 4.68 Å². The van der Waals surface area contributed by atoms with E-state index >= 15 is 0 Å². The maximum absolute atomic E-state index is 12.5. The average molecular weight is 425 g/mol. The Morgan fingerprint density at radius 1 is 1.34 bits per heavy atom. The lowest BCUT2D eigenvalue weighted by Gasteiger charge is -2.09. The van der Waals surface area contributed by atoms with Crippen LogP contribution in [0.5, 0.6) is 0 Å². The highest BCUT2D eigenvalue weighted by Gasteiger charge is 2.22. The van der Waals surface area contributed by atoms with E-state index in [2.05, 4.69) is 33.0 Å². The van der Waals surface area contributed by atoms with Gasteiger partial charge in [-0.05, 0) is 67.2 Å². The van der Waals surface area contributed by atoms with Gasteiger partial charge in [0.2, 0.25) is 11.1 Å². The molecule has 7 nitrogen and oxygen atoms in total. The van der Waals surface area contributed by atoms with Crippen molar-refractivity contribution in [3.05, 3.63) is 45.3 Å². The summed E-state index contributed by atoms with van der Waals surface area (Å²) in [5, 5.41) is 25.6. The second kappa shape index (κ2) is 8.35. The Bertz CT molecular complexity index is 1110. The number of thiophene rings is 1. The van der Waals surface area contributed by atoms with E-state index in [4.69, 9.17) is 0 Å². The van der Waals surface area contributed by atoms with Gasteiger partial charge in [-0.3, -0.25) is 4.79 Å². The number of nitrogens with zero attached hydrogens (tertiary/aromatic N) is 5. The minimum absolute atomic E-state index is 0.165. The van der Waals surface area contributed by atoms with Crippen molar-refractivity contribution in [1.29, 1.82) is 5.26 Å². The van der Waals surface area contributed by atoms with Crippen molar-refractivity contribution in [3.8, 4) is 11.8 Å². The first-order valence-electron chi connectivity index (χ1n) is 9.40. The summed E-state index contributed by atoms with van der Waals surface area (Å²) in [4.78, 5) is 13.8. The SMILES string of the molecule is Cc1ccc(-n2nnnc2SCC(=O)Nc2sc3c(c2C#N)CCCC3)c(C)c1. The molecule has 148 valence electrons. The van der Waals surface area contributed by atoms with Gasteiger partial charge < -0.3 is 5.32 Å². The summed E-state index contributed by atoms with van der Waals surface area (Å²) >= 11 is 2.81. The number of aryl methyl sites for hydroxylation is 3. The molecule has 0 radical (unpaired) electrons. The number of hydrogen-bond donors (Lipinski definition) is 1. The van der Waals surface area contributed by atoms with Crippen LogP contribution in [0.3, 0.4) is 0 Å². The number of rotatable bonds is 5. The fourth-order valence-corrected chi connectivity index (χ4v) is 5.47. The van der Waals surface area contributed by atoms with Crippen molar-refractivity contribution >= 4 is 34.0 Å². The lowest BCUT2D eigenvalue weighted by molar-refractivity contribution is -0.113. The molecular formula is C20H20N6OS2. The lowest BCUT2D eigenvalue weighted by atomic mass is 9.96. The van der Waals surface area contributed by atoms with E-state index in [1.807, 2.05) is 26.0 Å². The van der Waals surface area contributed by atoms with Crippen LogP contribution in [0, 0.1) is 25.2 Å². The molecule has 0 bridgehead atoms. The average Bonchev–Trinajstić information content (AvgIpc) is 3.30. The molecule has 1 N–H and O–H groups in total. The number of anilines is 1. The predicted molar refractivity (Wildman–Crippen MR) is 114 cm³/mol. The molecule has 9 heteroatoms. The maximum atomic E-state index is 12.5. The van der Waals surface area contributed by atoms with Crippen LogP contribution in [0.25, 0.3) is 5.69 Å². The molecule has 2 heterocycles. The molecule has 3 aromatic rings. The molecule has 1 aliphatic carbocycles. The summed E-state index contributed by atoms with van der Waals surface area (Å²) in [5.41, 5.74) is 4.86. The first kappa shape index (κ1) is 19.6. The van der Waals surface area contributed by atoms with Gasteiger partial charge in [0.05, 0.1) is 17.0 Å². The van der Waals surface area contributed by atoms with Crippen LogP contribution in [-0.2, 0) is 17.6 Å². The molecule has 2 aromatic heterocycles. The molecular weight excluding hydrogens is 404 g/mol. The Balaban J connectivity index is 1.46. The molecule has 0 aliphatic heterocycles. The predicted octanol–water partition coefficient (Wildman–Crippen LogP) is 3.82. The number of amides is 1. The zero-order chi connectivity index (χ0) is 20.4. The van der Waals surface area contributed by atoms with Crippen molar-refractivity contribution < 1.29 is 4.79 Å². The number of fused-ring (bicyclic) bond motifs is 1. The number of benzene rings is 1. The monoisotopic (exact) mass is 424 g/mol. The summed E-state index contributed by atoms with van der Waals surface area (Å²) < 4.78 is 1.65. The van der Waals surface area contributed by atoms with Gasteiger partial charge in [0.15, 0.2) is 0 Å². The Morgan fingerprint density at radius 3 is 2.97 bits per heavy atom. The first-order chi connectivity index (χ1) is 14.1. The molecule has 0 unspecified atom stereocenters. The second-order valence-electron chi connectivity index (χ2n) is 7.03. The van der Waals surface area contributed by atoms with Crippen LogP contribution in [-0.4, -0.2) is 31.9 Å². The molecule has 0 atom stereocenters. The van der Waals surface area contributed by atoms with Gasteiger partial charge in [-0.1, -0.05) is 29.5 Å². The topological polar surface area (TPSA) is 96.5 Å². The fourth-order valence-electron chi connectivity index (χ4n) is 3.53.